The molecule has 2 amide bonds. The molecule has 142 valence electrons. The second-order valence-corrected chi connectivity index (χ2v) is 8.44. The number of hydrogen-bond acceptors (Lipinski definition) is 5. The molecule has 1 saturated carbocycles. The summed E-state index contributed by atoms with van der Waals surface area (Å²) >= 11 is 0. The number of nitrogens with one attached hydrogen (secondary N) is 2. The molecule has 2 N–H and O–H groups in total. The largest absolute Gasteiger partial charge is 0.497 e. The SMILES string of the molecule is COc1ccc(S(=O)(=O)N2CCC[C@H]2CNC(=O)C(=O)NC2CC2)cc1. The van der Waals surface area contributed by atoms with Crippen LogP contribution in [-0.4, -0.2) is 56.8 Å². The van der Waals surface area contributed by atoms with Crippen LogP contribution in [0, 0.1) is 0 Å². The summed E-state index contributed by atoms with van der Waals surface area (Å²) in [7, 11) is -2.15. The third kappa shape index (κ3) is 4.16. The van der Waals surface area contributed by atoms with E-state index in [2.05, 4.69) is 10.6 Å². The van der Waals surface area contributed by atoms with Gasteiger partial charge in [-0.2, -0.15) is 4.31 Å². The maximum atomic E-state index is 12.9. The Kier molecular flexibility index (Phi) is 5.47. The third-order valence-electron chi connectivity index (χ3n) is 4.61. The lowest BCUT2D eigenvalue weighted by Gasteiger charge is -2.24. The van der Waals surface area contributed by atoms with Crippen LogP contribution in [-0.2, 0) is 19.6 Å². The standard InChI is InChI=1S/C17H23N3O5S/c1-25-14-6-8-15(9-7-14)26(23,24)20-10-2-3-13(20)11-18-16(21)17(22)19-12-4-5-12/h6-9,12-13H,2-5,10-11H2,1H3,(H,18,21)(H,19,22)/t13-/m0/s1. The number of carbonyl (C=O) groups excluding carboxylic acids is 2. The quantitative estimate of drug-likeness (QED) is 0.687. The van der Waals surface area contributed by atoms with Crippen LogP contribution >= 0.6 is 0 Å². The molecule has 9 heteroatoms. The number of amides is 2. The fraction of sp³-hybridized carbons (Fsp3) is 0.529. The molecule has 2 fully saturated rings. The van der Waals surface area contributed by atoms with E-state index in [1.165, 1.54) is 23.5 Å². The molecule has 3 rings (SSSR count). The van der Waals surface area contributed by atoms with Crippen molar-refractivity contribution in [2.75, 3.05) is 20.2 Å². The van der Waals surface area contributed by atoms with Crippen molar-refractivity contribution >= 4 is 21.8 Å². The average molecular weight is 381 g/mol. The second-order valence-electron chi connectivity index (χ2n) is 6.55. The Balaban J connectivity index is 1.62. The summed E-state index contributed by atoms with van der Waals surface area (Å²) in [5.41, 5.74) is 0. The highest BCUT2D eigenvalue weighted by Gasteiger charge is 2.36. The molecule has 1 aliphatic carbocycles. The maximum absolute atomic E-state index is 12.9. The number of benzene rings is 1. The lowest BCUT2D eigenvalue weighted by Crippen LogP contribution is -2.47. The van der Waals surface area contributed by atoms with Crippen molar-refractivity contribution in [3.05, 3.63) is 24.3 Å². The topological polar surface area (TPSA) is 105 Å². The number of hydrogen-bond donors (Lipinski definition) is 2. The van der Waals surface area contributed by atoms with Gasteiger partial charge in [0.15, 0.2) is 0 Å². The second kappa shape index (κ2) is 7.63. The molecule has 1 atom stereocenters. The Morgan fingerprint density at radius 2 is 1.85 bits per heavy atom. The van der Waals surface area contributed by atoms with E-state index in [1.807, 2.05) is 0 Å². The van der Waals surface area contributed by atoms with Crippen molar-refractivity contribution < 1.29 is 22.7 Å². The van der Waals surface area contributed by atoms with Gasteiger partial charge in [0.1, 0.15) is 5.75 Å². The molecule has 0 aromatic heterocycles. The van der Waals surface area contributed by atoms with Gasteiger partial charge in [-0.1, -0.05) is 0 Å². The molecule has 0 unspecified atom stereocenters. The molecule has 8 nitrogen and oxygen atoms in total. The molecule has 26 heavy (non-hydrogen) atoms. The normalized spacial score (nSPS) is 20.6. The van der Waals surface area contributed by atoms with Gasteiger partial charge < -0.3 is 15.4 Å². The van der Waals surface area contributed by atoms with Crippen LogP contribution in [0.25, 0.3) is 0 Å². The number of ether oxygens (including phenoxy) is 1. The van der Waals surface area contributed by atoms with Crippen molar-refractivity contribution in [2.24, 2.45) is 0 Å². The van der Waals surface area contributed by atoms with Crippen LogP contribution < -0.4 is 15.4 Å². The van der Waals surface area contributed by atoms with Crippen molar-refractivity contribution in [3.8, 4) is 5.75 Å². The Morgan fingerprint density at radius 1 is 1.15 bits per heavy atom. The van der Waals surface area contributed by atoms with Gasteiger partial charge in [-0.05, 0) is 49.9 Å². The van der Waals surface area contributed by atoms with E-state index < -0.39 is 21.8 Å². The Labute approximate surface area is 152 Å². The zero-order chi connectivity index (χ0) is 18.7. The molecule has 0 spiro atoms. The highest BCUT2D eigenvalue weighted by atomic mass is 32.2. The molecule has 0 radical (unpaired) electrons. The van der Waals surface area contributed by atoms with E-state index in [0.29, 0.717) is 25.1 Å². The monoisotopic (exact) mass is 381 g/mol. The lowest BCUT2D eigenvalue weighted by atomic mass is 10.2. The predicted octanol–water partition coefficient (Wildman–Crippen LogP) is 0.243. The molecule has 2 aliphatic rings. The molecule has 1 saturated heterocycles. The van der Waals surface area contributed by atoms with Gasteiger partial charge >= 0.3 is 11.8 Å². The Hall–Kier alpha value is -2.13. The minimum Gasteiger partial charge on any atom is -0.497 e. The van der Waals surface area contributed by atoms with Crippen molar-refractivity contribution in [2.45, 2.75) is 42.7 Å². The highest BCUT2D eigenvalue weighted by Crippen LogP contribution is 2.27. The number of carbonyl (C=O) groups is 2. The van der Waals surface area contributed by atoms with Gasteiger partial charge in [0.05, 0.1) is 12.0 Å². The van der Waals surface area contributed by atoms with E-state index in [9.17, 15) is 18.0 Å². The number of rotatable bonds is 6. The van der Waals surface area contributed by atoms with E-state index >= 15 is 0 Å². The van der Waals surface area contributed by atoms with Crippen LogP contribution in [0.15, 0.2) is 29.2 Å². The van der Waals surface area contributed by atoms with Crippen molar-refractivity contribution in [1.82, 2.24) is 14.9 Å². The smallest absolute Gasteiger partial charge is 0.309 e. The summed E-state index contributed by atoms with van der Waals surface area (Å²) in [4.78, 5) is 23.7. The summed E-state index contributed by atoms with van der Waals surface area (Å²) in [5.74, 6) is -0.795. The minimum absolute atomic E-state index is 0.103. The third-order valence-corrected chi connectivity index (χ3v) is 6.57. The molecule has 0 bridgehead atoms. The fourth-order valence-corrected chi connectivity index (χ4v) is 4.67. The van der Waals surface area contributed by atoms with E-state index in [1.54, 1.807) is 12.1 Å². The van der Waals surface area contributed by atoms with Gasteiger partial charge in [-0.25, -0.2) is 8.42 Å². The average Bonchev–Trinajstić information content (AvgIpc) is 3.32. The van der Waals surface area contributed by atoms with Crippen molar-refractivity contribution in [1.29, 1.82) is 0 Å². The van der Waals surface area contributed by atoms with Gasteiger partial charge in [-0.3, -0.25) is 9.59 Å². The zero-order valence-corrected chi connectivity index (χ0v) is 15.4. The first-order valence-electron chi connectivity index (χ1n) is 8.66. The van der Waals surface area contributed by atoms with Gasteiger partial charge in [0.25, 0.3) is 0 Å². The fourth-order valence-electron chi connectivity index (χ4n) is 2.98. The number of methoxy groups -OCH3 is 1. The van der Waals surface area contributed by atoms with E-state index in [4.69, 9.17) is 4.74 Å². The first-order chi connectivity index (χ1) is 12.4. The predicted molar refractivity (Wildman–Crippen MR) is 94.1 cm³/mol. The highest BCUT2D eigenvalue weighted by molar-refractivity contribution is 7.89. The lowest BCUT2D eigenvalue weighted by molar-refractivity contribution is -0.139. The van der Waals surface area contributed by atoms with Crippen LogP contribution in [0.5, 0.6) is 5.75 Å². The van der Waals surface area contributed by atoms with Crippen LogP contribution in [0.2, 0.25) is 0 Å². The van der Waals surface area contributed by atoms with Gasteiger partial charge in [0.2, 0.25) is 10.0 Å². The molecule has 1 heterocycles. The summed E-state index contributed by atoms with van der Waals surface area (Å²) < 4.78 is 32.2. The Morgan fingerprint density at radius 3 is 2.46 bits per heavy atom. The van der Waals surface area contributed by atoms with Crippen LogP contribution in [0.1, 0.15) is 25.7 Å². The minimum atomic E-state index is -3.66. The molecule has 1 aliphatic heterocycles. The van der Waals surface area contributed by atoms with Gasteiger partial charge in [0, 0.05) is 25.2 Å². The summed E-state index contributed by atoms with van der Waals surface area (Å²) in [6.45, 7) is 0.509. The zero-order valence-electron chi connectivity index (χ0n) is 14.6. The summed E-state index contributed by atoms with van der Waals surface area (Å²) in [6, 6.07) is 5.95. The molecule has 1 aromatic rings. The summed E-state index contributed by atoms with van der Waals surface area (Å²) in [6.07, 6.45) is 3.15. The maximum Gasteiger partial charge on any atom is 0.309 e. The first kappa shape index (κ1) is 18.7. The van der Waals surface area contributed by atoms with Crippen LogP contribution in [0.3, 0.4) is 0 Å². The van der Waals surface area contributed by atoms with Crippen molar-refractivity contribution in [3.63, 3.8) is 0 Å². The summed E-state index contributed by atoms with van der Waals surface area (Å²) in [5, 5.41) is 5.16. The Bertz CT molecular complexity index is 774. The number of sulfonamides is 1. The van der Waals surface area contributed by atoms with Gasteiger partial charge in [-0.15, -0.1) is 0 Å². The molecular formula is C17H23N3O5S. The number of nitrogens with zero attached hydrogens (tertiary/aromatic N) is 1. The molecular weight excluding hydrogens is 358 g/mol. The first-order valence-corrected chi connectivity index (χ1v) is 10.1. The van der Waals surface area contributed by atoms with Crippen LogP contribution in [0.4, 0.5) is 0 Å². The molecule has 1 aromatic carbocycles. The van der Waals surface area contributed by atoms with E-state index in [0.717, 1.165) is 12.8 Å². The van der Waals surface area contributed by atoms with E-state index in [-0.39, 0.29) is 23.5 Å².